The molecule has 0 saturated carbocycles. The Morgan fingerprint density at radius 1 is 0.853 bits per heavy atom. The van der Waals surface area contributed by atoms with Gasteiger partial charge in [0.05, 0.1) is 5.69 Å². The van der Waals surface area contributed by atoms with Crippen LogP contribution in [0.1, 0.15) is 11.1 Å². The quantitative estimate of drug-likeness (QED) is 0.249. The summed E-state index contributed by atoms with van der Waals surface area (Å²) in [5, 5.41) is 4.97. The Kier molecular flexibility index (Phi) is 5.89. The van der Waals surface area contributed by atoms with Gasteiger partial charge in [0.15, 0.2) is 5.11 Å². The van der Waals surface area contributed by atoms with Gasteiger partial charge in [0, 0.05) is 0 Å². The Morgan fingerprint density at radius 3 is 2.44 bits per heavy atom. The molecule has 34 heavy (non-hydrogen) atoms. The molecule has 0 aliphatic carbocycles. The molecule has 0 bridgehead atoms. The number of para-hydroxylation sites is 1. The predicted octanol–water partition coefficient (Wildman–Crippen LogP) is 5.25. The van der Waals surface area contributed by atoms with Crippen LogP contribution < -0.4 is 15.0 Å². The van der Waals surface area contributed by atoms with E-state index in [0.29, 0.717) is 23.6 Å². The molecule has 6 heteroatoms. The van der Waals surface area contributed by atoms with Crippen molar-refractivity contribution in [3.63, 3.8) is 0 Å². The lowest BCUT2D eigenvalue weighted by atomic mass is 10.1. The Morgan fingerprint density at radius 2 is 1.59 bits per heavy atom. The number of carbonyl (C=O) groups is 2. The molecule has 166 valence electrons. The summed E-state index contributed by atoms with van der Waals surface area (Å²) in [5.41, 5.74) is 2.35. The molecular weight excluding hydrogens is 444 g/mol. The number of hydrogen-bond donors (Lipinski definition) is 1. The lowest BCUT2D eigenvalue weighted by molar-refractivity contribution is -0.122. The summed E-state index contributed by atoms with van der Waals surface area (Å²) in [6.45, 7) is 0.400. The van der Waals surface area contributed by atoms with Gasteiger partial charge < -0.3 is 4.74 Å². The van der Waals surface area contributed by atoms with Crippen LogP contribution in [0, 0.1) is 0 Å². The number of thiocarbonyl (C=S) groups is 1. The fourth-order valence-electron chi connectivity index (χ4n) is 3.91. The predicted molar refractivity (Wildman–Crippen MR) is 137 cm³/mol. The van der Waals surface area contributed by atoms with Crippen LogP contribution in [0.4, 0.5) is 5.69 Å². The van der Waals surface area contributed by atoms with E-state index in [1.54, 1.807) is 24.3 Å². The fourth-order valence-corrected chi connectivity index (χ4v) is 4.19. The Labute approximate surface area is 202 Å². The van der Waals surface area contributed by atoms with Crippen LogP contribution in [0.15, 0.2) is 103 Å². The smallest absolute Gasteiger partial charge is 0.270 e. The number of nitrogens with zero attached hydrogens (tertiary/aromatic N) is 1. The number of hydrogen-bond acceptors (Lipinski definition) is 4. The highest BCUT2D eigenvalue weighted by Gasteiger charge is 2.34. The minimum atomic E-state index is -0.524. The van der Waals surface area contributed by atoms with E-state index in [1.807, 2.05) is 60.7 Å². The van der Waals surface area contributed by atoms with Crippen molar-refractivity contribution < 1.29 is 14.3 Å². The van der Waals surface area contributed by atoms with Crippen molar-refractivity contribution in [2.24, 2.45) is 0 Å². The van der Waals surface area contributed by atoms with Crippen LogP contribution in [-0.2, 0) is 16.2 Å². The molecule has 0 radical (unpaired) electrons. The van der Waals surface area contributed by atoms with E-state index >= 15 is 0 Å². The molecule has 2 amide bonds. The largest absolute Gasteiger partial charge is 0.489 e. The summed E-state index contributed by atoms with van der Waals surface area (Å²) in [6.07, 6.45) is 1.56. The lowest BCUT2D eigenvalue weighted by Crippen LogP contribution is -2.54. The van der Waals surface area contributed by atoms with Crippen molar-refractivity contribution in [2.75, 3.05) is 4.90 Å². The lowest BCUT2D eigenvalue weighted by Gasteiger charge is -2.28. The second-order valence-electron chi connectivity index (χ2n) is 7.79. The zero-order valence-corrected chi connectivity index (χ0v) is 18.9. The van der Waals surface area contributed by atoms with Gasteiger partial charge >= 0.3 is 0 Å². The van der Waals surface area contributed by atoms with Crippen LogP contribution in [-0.4, -0.2) is 16.9 Å². The molecule has 0 aromatic heterocycles. The molecule has 1 aliphatic heterocycles. The highest BCUT2D eigenvalue weighted by atomic mass is 32.1. The molecule has 0 unspecified atom stereocenters. The van der Waals surface area contributed by atoms with E-state index in [0.717, 1.165) is 16.3 Å². The maximum Gasteiger partial charge on any atom is 0.270 e. The summed E-state index contributed by atoms with van der Waals surface area (Å²) in [6, 6.07) is 30.6. The van der Waals surface area contributed by atoms with Gasteiger partial charge in [-0.25, -0.2) is 0 Å². The van der Waals surface area contributed by atoms with Crippen LogP contribution in [0.3, 0.4) is 0 Å². The highest BCUT2D eigenvalue weighted by Crippen LogP contribution is 2.24. The van der Waals surface area contributed by atoms with E-state index in [-0.39, 0.29) is 10.7 Å². The number of benzene rings is 4. The minimum absolute atomic E-state index is 0.00339. The molecule has 1 heterocycles. The topological polar surface area (TPSA) is 58.6 Å². The van der Waals surface area contributed by atoms with E-state index in [9.17, 15) is 9.59 Å². The Balaban J connectivity index is 1.39. The minimum Gasteiger partial charge on any atom is -0.489 e. The molecule has 5 rings (SSSR count). The van der Waals surface area contributed by atoms with Gasteiger partial charge in [0.25, 0.3) is 11.8 Å². The number of ether oxygens (including phenoxy) is 1. The fraction of sp³-hybridized carbons (Fsp3) is 0.0357. The third-order valence-electron chi connectivity index (χ3n) is 5.56. The molecule has 4 aromatic rings. The van der Waals surface area contributed by atoms with E-state index in [2.05, 4.69) is 23.5 Å². The van der Waals surface area contributed by atoms with Gasteiger partial charge in [0.2, 0.25) is 0 Å². The van der Waals surface area contributed by atoms with Crippen molar-refractivity contribution in [2.45, 2.75) is 6.61 Å². The van der Waals surface area contributed by atoms with Gasteiger partial charge in [0.1, 0.15) is 17.9 Å². The summed E-state index contributed by atoms with van der Waals surface area (Å²) in [5.74, 6) is -0.354. The monoisotopic (exact) mass is 464 g/mol. The van der Waals surface area contributed by atoms with Crippen molar-refractivity contribution in [3.8, 4) is 5.75 Å². The Hall–Kier alpha value is -4.29. The third-order valence-corrected chi connectivity index (χ3v) is 5.84. The number of carbonyl (C=O) groups excluding carboxylic acids is 2. The first kappa shape index (κ1) is 21.6. The molecule has 1 saturated heterocycles. The van der Waals surface area contributed by atoms with Crippen molar-refractivity contribution >= 4 is 51.7 Å². The van der Waals surface area contributed by atoms with Gasteiger partial charge in [-0.05, 0) is 64.5 Å². The van der Waals surface area contributed by atoms with Crippen molar-refractivity contribution in [3.05, 3.63) is 114 Å². The molecule has 1 aliphatic rings. The first-order valence-electron chi connectivity index (χ1n) is 10.8. The summed E-state index contributed by atoms with van der Waals surface area (Å²) in [7, 11) is 0. The third kappa shape index (κ3) is 4.31. The molecule has 5 nitrogen and oxygen atoms in total. The van der Waals surface area contributed by atoms with Crippen molar-refractivity contribution in [1.29, 1.82) is 0 Å². The molecule has 4 aromatic carbocycles. The summed E-state index contributed by atoms with van der Waals surface area (Å²) in [4.78, 5) is 27.0. The van der Waals surface area contributed by atoms with Crippen molar-refractivity contribution in [1.82, 2.24) is 5.32 Å². The van der Waals surface area contributed by atoms with Gasteiger partial charge in [-0.1, -0.05) is 72.8 Å². The average Bonchev–Trinajstić information content (AvgIpc) is 2.86. The molecule has 0 spiro atoms. The molecule has 1 fully saturated rings. The van der Waals surface area contributed by atoms with Gasteiger partial charge in [-0.3, -0.25) is 19.8 Å². The maximum absolute atomic E-state index is 13.1. The van der Waals surface area contributed by atoms with Gasteiger partial charge in [-0.15, -0.1) is 0 Å². The van der Waals surface area contributed by atoms with Crippen LogP contribution in [0.25, 0.3) is 16.8 Å². The highest BCUT2D eigenvalue weighted by molar-refractivity contribution is 7.80. The summed E-state index contributed by atoms with van der Waals surface area (Å²) < 4.78 is 6.05. The average molecular weight is 465 g/mol. The molecule has 1 N–H and O–H groups in total. The second kappa shape index (κ2) is 9.29. The number of rotatable bonds is 5. The number of nitrogens with one attached hydrogen (secondary N) is 1. The number of amides is 2. The molecular formula is C28H20N2O3S. The van der Waals surface area contributed by atoms with Crippen LogP contribution >= 0.6 is 12.2 Å². The second-order valence-corrected chi connectivity index (χ2v) is 8.18. The van der Waals surface area contributed by atoms with Crippen LogP contribution in [0.5, 0.6) is 5.75 Å². The Bertz CT molecular complexity index is 1440. The zero-order chi connectivity index (χ0) is 23.5. The number of anilines is 1. The van der Waals surface area contributed by atoms with E-state index in [1.165, 1.54) is 4.90 Å². The van der Waals surface area contributed by atoms with Gasteiger partial charge in [-0.2, -0.15) is 0 Å². The van der Waals surface area contributed by atoms with E-state index < -0.39 is 11.8 Å². The zero-order valence-electron chi connectivity index (χ0n) is 18.1. The first-order valence-corrected chi connectivity index (χ1v) is 11.2. The SMILES string of the molecule is O=C1NC(=S)N(c2ccccc2)C(=O)/C1=C/c1cccc(OCc2cccc3ccccc23)c1. The molecule has 0 atom stereocenters. The van der Waals surface area contributed by atoms with E-state index in [4.69, 9.17) is 17.0 Å². The normalized spacial score (nSPS) is 15.0. The number of fused-ring (bicyclic) bond motifs is 1. The first-order chi connectivity index (χ1) is 16.6. The maximum atomic E-state index is 13.1. The van der Waals surface area contributed by atoms with Crippen LogP contribution in [0.2, 0.25) is 0 Å². The standard InChI is InChI=1S/C28H20N2O3S/c31-26-25(27(32)30(28(34)29-26)22-12-2-1-3-13-22)17-19-8-6-14-23(16-19)33-18-21-11-7-10-20-9-4-5-15-24(20)21/h1-17H,18H2,(H,29,31,34)/b25-17+. The summed E-state index contributed by atoms with van der Waals surface area (Å²) >= 11 is 5.24.